The molecule has 0 atom stereocenters. The lowest BCUT2D eigenvalue weighted by Gasteiger charge is -2.25. The van der Waals surface area contributed by atoms with Crippen LogP contribution < -0.4 is 20.1 Å². The minimum absolute atomic E-state index is 0.104. The highest BCUT2D eigenvalue weighted by molar-refractivity contribution is 6.06. The fourth-order valence-electron chi connectivity index (χ4n) is 2.43. The van der Waals surface area contributed by atoms with Gasteiger partial charge in [0.25, 0.3) is 5.91 Å². The predicted molar refractivity (Wildman–Crippen MR) is 101 cm³/mol. The summed E-state index contributed by atoms with van der Waals surface area (Å²) in [5.74, 6) is 1.01. The molecule has 0 heterocycles. The first-order valence-electron chi connectivity index (χ1n) is 8.00. The highest BCUT2D eigenvalue weighted by Gasteiger charge is 2.19. The van der Waals surface area contributed by atoms with Crippen LogP contribution in [0.3, 0.4) is 0 Å². The predicted octanol–water partition coefficient (Wildman–Crippen LogP) is 2.49. The molecule has 2 aromatic carbocycles. The van der Waals surface area contributed by atoms with Crippen LogP contribution in [0.4, 0.5) is 11.4 Å². The summed E-state index contributed by atoms with van der Waals surface area (Å²) in [6, 6.07) is 12.5. The second-order valence-electron chi connectivity index (χ2n) is 5.92. The van der Waals surface area contributed by atoms with Crippen LogP contribution in [-0.2, 0) is 0 Å². The Morgan fingerprint density at radius 2 is 1.60 bits per heavy atom. The summed E-state index contributed by atoms with van der Waals surface area (Å²) in [4.78, 5) is 16.9. The zero-order valence-corrected chi connectivity index (χ0v) is 15.2. The van der Waals surface area contributed by atoms with Crippen LogP contribution in [0.1, 0.15) is 10.4 Å². The first kappa shape index (κ1) is 18.6. The maximum absolute atomic E-state index is 13.1. The quantitative estimate of drug-likeness (QED) is 0.782. The minimum atomic E-state index is -0.104. The van der Waals surface area contributed by atoms with E-state index in [2.05, 4.69) is 0 Å². The molecule has 6 heteroatoms. The number of rotatable bonds is 7. The van der Waals surface area contributed by atoms with E-state index < -0.39 is 0 Å². The van der Waals surface area contributed by atoms with Gasteiger partial charge in [-0.25, -0.2) is 0 Å². The fourth-order valence-corrected chi connectivity index (χ4v) is 2.43. The van der Waals surface area contributed by atoms with Crippen molar-refractivity contribution in [1.82, 2.24) is 4.90 Å². The topological polar surface area (TPSA) is 68.0 Å². The first-order valence-corrected chi connectivity index (χ1v) is 8.00. The number of ether oxygens (including phenoxy) is 2. The van der Waals surface area contributed by atoms with Crippen LogP contribution >= 0.6 is 0 Å². The summed E-state index contributed by atoms with van der Waals surface area (Å²) in [5, 5.41) is 0. The maximum atomic E-state index is 13.1. The Morgan fingerprint density at radius 1 is 0.960 bits per heavy atom. The number of amides is 1. The highest BCUT2D eigenvalue weighted by Crippen LogP contribution is 2.29. The Morgan fingerprint density at radius 3 is 2.16 bits per heavy atom. The van der Waals surface area contributed by atoms with Crippen molar-refractivity contribution in [1.29, 1.82) is 0 Å². The van der Waals surface area contributed by atoms with E-state index in [4.69, 9.17) is 15.2 Å². The number of likely N-dealkylation sites (N-methyl/N-ethyl adjacent to an activating group) is 1. The maximum Gasteiger partial charge on any atom is 0.258 e. The van der Waals surface area contributed by atoms with E-state index in [0.717, 1.165) is 12.2 Å². The first-order chi connectivity index (χ1) is 12.0. The van der Waals surface area contributed by atoms with Crippen molar-refractivity contribution in [2.75, 3.05) is 52.0 Å². The summed E-state index contributed by atoms with van der Waals surface area (Å²) in [6.07, 6.45) is 0. The van der Waals surface area contributed by atoms with E-state index in [-0.39, 0.29) is 5.91 Å². The van der Waals surface area contributed by atoms with Crippen LogP contribution in [0.5, 0.6) is 11.5 Å². The average molecular weight is 343 g/mol. The Labute approximate surface area is 148 Å². The monoisotopic (exact) mass is 343 g/mol. The van der Waals surface area contributed by atoms with E-state index in [1.54, 1.807) is 49.5 Å². The van der Waals surface area contributed by atoms with Gasteiger partial charge in [0.2, 0.25) is 0 Å². The number of benzene rings is 2. The van der Waals surface area contributed by atoms with Crippen molar-refractivity contribution in [2.45, 2.75) is 0 Å². The number of anilines is 2. The van der Waals surface area contributed by atoms with Gasteiger partial charge >= 0.3 is 0 Å². The van der Waals surface area contributed by atoms with Gasteiger partial charge in [0.1, 0.15) is 0 Å². The molecule has 6 nitrogen and oxygen atoms in total. The lowest BCUT2D eigenvalue weighted by molar-refractivity contribution is 0.0985. The van der Waals surface area contributed by atoms with E-state index in [9.17, 15) is 4.79 Å². The molecule has 0 saturated heterocycles. The number of carbonyl (C=O) groups excluding carboxylic acids is 1. The zero-order valence-electron chi connectivity index (χ0n) is 15.2. The van der Waals surface area contributed by atoms with Gasteiger partial charge in [-0.1, -0.05) is 0 Å². The van der Waals surface area contributed by atoms with E-state index in [1.807, 2.05) is 31.1 Å². The van der Waals surface area contributed by atoms with Crippen LogP contribution in [0, 0.1) is 0 Å². The normalized spacial score (nSPS) is 10.6. The van der Waals surface area contributed by atoms with Crippen LogP contribution in [0.15, 0.2) is 42.5 Å². The zero-order chi connectivity index (χ0) is 18.4. The minimum Gasteiger partial charge on any atom is -0.493 e. The Kier molecular flexibility index (Phi) is 6.25. The SMILES string of the molecule is COc1ccc(C(=O)N(CCN(C)C)c2ccc(N)cc2)cc1OC. The summed E-state index contributed by atoms with van der Waals surface area (Å²) in [7, 11) is 7.07. The third kappa shape index (κ3) is 4.64. The molecule has 0 unspecified atom stereocenters. The number of hydrogen-bond donors (Lipinski definition) is 1. The molecular weight excluding hydrogens is 318 g/mol. The van der Waals surface area contributed by atoms with Crippen LogP contribution in [0.25, 0.3) is 0 Å². The van der Waals surface area contributed by atoms with Gasteiger partial charge < -0.3 is 25.0 Å². The smallest absolute Gasteiger partial charge is 0.258 e. The van der Waals surface area contributed by atoms with Gasteiger partial charge in [-0.15, -0.1) is 0 Å². The van der Waals surface area contributed by atoms with Gasteiger partial charge in [-0.2, -0.15) is 0 Å². The number of hydrogen-bond acceptors (Lipinski definition) is 5. The molecule has 2 N–H and O–H groups in total. The standard InChI is InChI=1S/C19H25N3O3/c1-21(2)11-12-22(16-8-6-15(20)7-9-16)19(23)14-5-10-17(24-3)18(13-14)25-4/h5-10,13H,11-12,20H2,1-4H3. The van der Waals surface area contributed by atoms with Gasteiger partial charge in [0.15, 0.2) is 11.5 Å². The van der Waals surface area contributed by atoms with Gasteiger partial charge in [-0.3, -0.25) is 4.79 Å². The molecule has 2 aromatic rings. The second-order valence-corrected chi connectivity index (χ2v) is 5.92. The highest BCUT2D eigenvalue weighted by atomic mass is 16.5. The third-order valence-corrected chi connectivity index (χ3v) is 3.85. The summed E-state index contributed by atoms with van der Waals surface area (Å²) < 4.78 is 10.5. The molecule has 134 valence electrons. The van der Waals surface area contributed by atoms with Crippen LogP contribution in [0.2, 0.25) is 0 Å². The Bertz CT molecular complexity index is 714. The van der Waals surface area contributed by atoms with Gasteiger partial charge in [-0.05, 0) is 56.6 Å². The van der Waals surface area contributed by atoms with Gasteiger partial charge in [0, 0.05) is 30.0 Å². The molecule has 0 fully saturated rings. The van der Waals surface area contributed by atoms with E-state index in [0.29, 0.717) is 29.3 Å². The van der Waals surface area contributed by atoms with Crippen molar-refractivity contribution >= 4 is 17.3 Å². The number of nitrogen functional groups attached to an aromatic ring is 1. The van der Waals surface area contributed by atoms with Crippen molar-refractivity contribution in [3.8, 4) is 11.5 Å². The molecule has 0 aliphatic carbocycles. The molecule has 1 amide bonds. The van der Waals surface area contributed by atoms with E-state index >= 15 is 0 Å². The average Bonchev–Trinajstić information content (AvgIpc) is 2.62. The summed E-state index contributed by atoms with van der Waals surface area (Å²) >= 11 is 0. The number of carbonyl (C=O) groups is 1. The number of nitrogens with two attached hydrogens (primary N) is 1. The molecule has 0 spiro atoms. The lowest BCUT2D eigenvalue weighted by Crippen LogP contribution is -2.36. The van der Waals surface area contributed by atoms with Crippen molar-refractivity contribution in [3.05, 3.63) is 48.0 Å². The number of nitrogens with zero attached hydrogens (tertiary/aromatic N) is 2. The Hall–Kier alpha value is -2.73. The van der Waals surface area contributed by atoms with Crippen molar-refractivity contribution in [3.63, 3.8) is 0 Å². The molecule has 0 saturated carbocycles. The molecule has 0 bridgehead atoms. The second kappa shape index (κ2) is 8.39. The summed E-state index contributed by atoms with van der Waals surface area (Å²) in [5.41, 5.74) is 7.76. The van der Waals surface area contributed by atoms with Crippen molar-refractivity contribution < 1.29 is 14.3 Å². The lowest BCUT2D eigenvalue weighted by atomic mass is 10.1. The molecule has 0 aliphatic rings. The van der Waals surface area contributed by atoms with E-state index in [1.165, 1.54) is 0 Å². The van der Waals surface area contributed by atoms with Crippen LogP contribution in [-0.4, -0.2) is 52.2 Å². The molecule has 0 aromatic heterocycles. The Balaban J connectivity index is 2.35. The third-order valence-electron chi connectivity index (χ3n) is 3.85. The van der Waals surface area contributed by atoms with Crippen molar-refractivity contribution in [2.24, 2.45) is 0 Å². The fraction of sp³-hybridized carbons (Fsp3) is 0.316. The molecule has 25 heavy (non-hydrogen) atoms. The molecule has 2 rings (SSSR count). The molecule has 0 aliphatic heterocycles. The van der Waals surface area contributed by atoms with Gasteiger partial charge in [0.05, 0.1) is 14.2 Å². The summed E-state index contributed by atoms with van der Waals surface area (Å²) in [6.45, 7) is 1.30. The number of methoxy groups -OCH3 is 2. The largest absolute Gasteiger partial charge is 0.493 e. The molecular formula is C19H25N3O3. The molecule has 0 radical (unpaired) electrons.